The molecule has 3 aromatic carbocycles. The molecular formula is C28H28ClN3O2. The van der Waals surface area contributed by atoms with Gasteiger partial charge in [0.2, 0.25) is 5.91 Å². The number of hydrogen-bond donors (Lipinski definition) is 0. The van der Waals surface area contributed by atoms with Gasteiger partial charge in [0.25, 0.3) is 0 Å². The Bertz CT molecular complexity index is 1330. The van der Waals surface area contributed by atoms with Gasteiger partial charge < -0.3 is 14.2 Å². The summed E-state index contributed by atoms with van der Waals surface area (Å²) in [5.41, 5.74) is 5.33. The number of carbonyl (C=O) groups is 1. The summed E-state index contributed by atoms with van der Waals surface area (Å²) in [6.07, 6.45) is 1.30. The van der Waals surface area contributed by atoms with Gasteiger partial charge in [-0.25, -0.2) is 4.98 Å². The van der Waals surface area contributed by atoms with Crippen LogP contribution in [-0.2, 0) is 11.3 Å². The Hall–Kier alpha value is -3.31. The zero-order chi connectivity index (χ0) is 23.7. The van der Waals surface area contributed by atoms with Crippen molar-refractivity contribution in [2.24, 2.45) is 0 Å². The largest absolute Gasteiger partial charge is 0.493 e. The molecular weight excluding hydrogens is 446 g/mol. The molecule has 1 aliphatic rings. The molecule has 174 valence electrons. The summed E-state index contributed by atoms with van der Waals surface area (Å²) in [6, 6.07) is 21.9. The first kappa shape index (κ1) is 22.5. The lowest BCUT2D eigenvalue weighted by Gasteiger charge is -2.17. The molecule has 0 bridgehead atoms. The molecule has 4 aromatic rings. The van der Waals surface area contributed by atoms with E-state index < -0.39 is 0 Å². The fraction of sp³-hybridized carbons (Fsp3) is 0.286. The summed E-state index contributed by atoms with van der Waals surface area (Å²) in [6.45, 7) is 6.18. The summed E-state index contributed by atoms with van der Waals surface area (Å²) in [5, 5.41) is 0.664. The second-order valence-electron chi connectivity index (χ2n) is 8.96. The van der Waals surface area contributed by atoms with E-state index in [1.807, 2.05) is 53.4 Å². The number of aromatic nitrogens is 2. The summed E-state index contributed by atoms with van der Waals surface area (Å²) in [5.74, 6) is 2.05. The van der Waals surface area contributed by atoms with Gasteiger partial charge in [-0.1, -0.05) is 41.4 Å². The van der Waals surface area contributed by atoms with Crippen molar-refractivity contribution in [1.29, 1.82) is 0 Å². The SMILES string of the molecule is Cc1ccc(OCCCn2c([C@H]3CC(=O)N(c4ccc(Cl)cc4)C3)nc3ccccc32)c(C)c1. The van der Waals surface area contributed by atoms with Crippen molar-refractivity contribution in [3.63, 3.8) is 0 Å². The van der Waals surface area contributed by atoms with Crippen LogP contribution in [0.2, 0.25) is 5.02 Å². The van der Waals surface area contributed by atoms with E-state index in [1.54, 1.807) is 0 Å². The molecule has 0 aliphatic carbocycles. The van der Waals surface area contributed by atoms with Gasteiger partial charge in [-0.2, -0.15) is 0 Å². The summed E-state index contributed by atoms with van der Waals surface area (Å²) in [4.78, 5) is 19.7. The first-order chi connectivity index (χ1) is 16.5. The van der Waals surface area contributed by atoms with Crippen molar-refractivity contribution in [3.8, 4) is 5.75 Å². The number of imidazole rings is 1. The van der Waals surface area contributed by atoms with Crippen LogP contribution in [0.25, 0.3) is 11.0 Å². The van der Waals surface area contributed by atoms with E-state index in [-0.39, 0.29) is 11.8 Å². The van der Waals surface area contributed by atoms with E-state index in [1.165, 1.54) is 5.56 Å². The number of rotatable bonds is 7. The van der Waals surface area contributed by atoms with Crippen LogP contribution < -0.4 is 9.64 Å². The molecule has 2 heterocycles. The number of nitrogens with zero attached hydrogens (tertiary/aromatic N) is 3. The van der Waals surface area contributed by atoms with Crippen LogP contribution in [-0.4, -0.2) is 28.6 Å². The van der Waals surface area contributed by atoms with Crippen LogP contribution in [0.5, 0.6) is 5.75 Å². The van der Waals surface area contributed by atoms with Gasteiger partial charge >= 0.3 is 0 Å². The average Bonchev–Trinajstić information content (AvgIpc) is 3.39. The van der Waals surface area contributed by atoms with E-state index in [2.05, 4.69) is 36.6 Å². The van der Waals surface area contributed by atoms with Crippen molar-refractivity contribution >= 4 is 34.2 Å². The smallest absolute Gasteiger partial charge is 0.227 e. The van der Waals surface area contributed by atoms with E-state index in [0.717, 1.165) is 46.8 Å². The number of hydrogen-bond acceptors (Lipinski definition) is 3. The number of ether oxygens (including phenoxy) is 1. The highest BCUT2D eigenvalue weighted by atomic mass is 35.5. The Labute approximate surface area is 204 Å². The molecule has 5 nitrogen and oxygen atoms in total. The highest BCUT2D eigenvalue weighted by Gasteiger charge is 2.34. The second kappa shape index (κ2) is 9.51. The van der Waals surface area contributed by atoms with Crippen molar-refractivity contribution in [2.75, 3.05) is 18.1 Å². The number of halogens is 1. The zero-order valence-corrected chi connectivity index (χ0v) is 20.3. The molecule has 1 saturated heterocycles. The third kappa shape index (κ3) is 4.53. The molecule has 0 spiro atoms. The van der Waals surface area contributed by atoms with Crippen LogP contribution in [0, 0.1) is 13.8 Å². The Morgan fingerprint density at radius 1 is 1.06 bits per heavy atom. The van der Waals surface area contributed by atoms with Gasteiger partial charge in [0.1, 0.15) is 11.6 Å². The van der Waals surface area contributed by atoms with Crippen LogP contribution in [0.3, 0.4) is 0 Å². The molecule has 1 atom stereocenters. The number of benzene rings is 3. The minimum Gasteiger partial charge on any atom is -0.493 e. The molecule has 1 fully saturated rings. The fourth-order valence-electron chi connectivity index (χ4n) is 4.76. The van der Waals surface area contributed by atoms with Crippen molar-refractivity contribution in [3.05, 3.63) is 88.7 Å². The molecule has 0 unspecified atom stereocenters. The molecule has 6 heteroatoms. The van der Waals surface area contributed by atoms with E-state index in [4.69, 9.17) is 21.3 Å². The number of carbonyl (C=O) groups excluding carboxylic acids is 1. The Balaban J connectivity index is 1.34. The summed E-state index contributed by atoms with van der Waals surface area (Å²) in [7, 11) is 0. The van der Waals surface area contributed by atoms with Crippen LogP contribution >= 0.6 is 11.6 Å². The van der Waals surface area contributed by atoms with E-state index in [0.29, 0.717) is 24.6 Å². The maximum absolute atomic E-state index is 12.9. The van der Waals surface area contributed by atoms with Gasteiger partial charge in [-0.15, -0.1) is 0 Å². The molecule has 1 aliphatic heterocycles. The predicted octanol–water partition coefficient (Wildman–Crippen LogP) is 6.30. The maximum atomic E-state index is 12.9. The molecule has 1 amide bonds. The lowest BCUT2D eigenvalue weighted by Crippen LogP contribution is -2.24. The fourth-order valence-corrected chi connectivity index (χ4v) is 4.88. The lowest BCUT2D eigenvalue weighted by molar-refractivity contribution is -0.117. The van der Waals surface area contributed by atoms with Crippen LogP contribution in [0.4, 0.5) is 5.69 Å². The standard InChI is InChI=1S/C28H28ClN3O2/c1-19-8-13-26(20(2)16-19)34-15-5-14-31-25-7-4-3-6-24(25)30-28(31)21-17-27(33)32(18-21)23-11-9-22(29)10-12-23/h3-4,6-13,16,21H,5,14-15,17-18H2,1-2H3/t21-/m0/s1. The van der Waals surface area contributed by atoms with Crippen LogP contribution in [0.15, 0.2) is 66.7 Å². The average molecular weight is 474 g/mol. The minimum absolute atomic E-state index is 0.0378. The Morgan fingerprint density at radius 2 is 1.85 bits per heavy atom. The second-order valence-corrected chi connectivity index (χ2v) is 9.40. The molecule has 1 aromatic heterocycles. The normalized spacial score (nSPS) is 15.9. The molecule has 0 N–H and O–H groups in total. The highest BCUT2D eigenvalue weighted by molar-refractivity contribution is 6.30. The number of para-hydroxylation sites is 2. The summed E-state index contributed by atoms with van der Waals surface area (Å²) >= 11 is 6.03. The van der Waals surface area contributed by atoms with Crippen molar-refractivity contribution in [2.45, 2.75) is 39.2 Å². The van der Waals surface area contributed by atoms with Gasteiger partial charge in [0, 0.05) is 36.1 Å². The molecule has 0 saturated carbocycles. The topological polar surface area (TPSA) is 47.4 Å². The third-order valence-corrected chi connectivity index (χ3v) is 6.68. The summed E-state index contributed by atoms with van der Waals surface area (Å²) < 4.78 is 8.33. The predicted molar refractivity (Wildman–Crippen MR) is 137 cm³/mol. The van der Waals surface area contributed by atoms with E-state index >= 15 is 0 Å². The monoisotopic (exact) mass is 473 g/mol. The first-order valence-corrected chi connectivity index (χ1v) is 12.1. The van der Waals surface area contributed by atoms with Crippen LogP contribution in [0.1, 0.15) is 35.7 Å². The van der Waals surface area contributed by atoms with Gasteiger partial charge in [0.05, 0.1) is 17.6 Å². The quantitative estimate of drug-likeness (QED) is 0.296. The van der Waals surface area contributed by atoms with Crippen molar-refractivity contribution < 1.29 is 9.53 Å². The number of aryl methyl sites for hydroxylation is 3. The molecule has 5 rings (SSSR count). The van der Waals surface area contributed by atoms with Gasteiger partial charge in [-0.05, 0) is 68.3 Å². The van der Waals surface area contributed by atoms with Crippen molar-refractivity contribution in [1.82, 2.24) is 9.55 Å². The highest BCUT2D eigenvalue weighted by Crippen LogP contribution is 2.33. The maximum Gasteiger partial charge on any atom is 0.227 e. The Kier molecular flexibility index (Phi) is 6.29. The zero-order valence-electron chi connectivity index (χ0n) is 19.5. The Morgan fingerprint density at radius 3 is 2.65 bits per heavy atom. The van der Waals surface area contributed by atoms with Gasteiger partial charge in [0.15, 0.2) is 0 Å². The minimum atomic E-state index is 0.0378. The third-order valence-electron chi connectivity index (χ3n) is 6.43. The molecule has 0 radical (unpaired) electrons. The number of fused-ring (bicyclic) bond motifs is 1. The first-order valence-electron chi connectivity index (χ1n) is 11.7. The van der Waals surface area contributed by atoms with E-state index in [9.17, 15) is 4.79 Å². The lowest BCUT2D eigenvalue weighted by atomic mass is 10.1. The van der Waals surface area contributed by atoms with Gasteiger partial charge in [-0.3, -0.25) is 4.79 Å². The molecule has 34 heavy (non-hydrogen) atoms. The number of anilines is 1. The number of amides is 1.